The van der Waals surface area contributed by atoms with Gasteiger partial charge in [0.15, 0.2) is 0 Å². The maximum atomic E-state index is 5.60. The van der Waals surface area contributed by atoms with Crippen LogP contribution in [0.5, 0.6) is 5.75 Å². The van der Waals surface area contributed by atoms with E-state index in [1.165, 1.54) is 18.4 Å². The monoisotopic (exact) mass is 312 g/mol. The lowest BCUT2D eigenvalue weighted by Gasteiger charge is -2.32. The number of ether oxygens (including phenoxy) is 1. The van der Waals surface area contributed by atoms with E-state index in [9.17, 15) is 0 Å². The van der Waals surface area contributed by atoms with Crippen molar-refractivity contribution in [3.05, 3.63) is 28.2 Å². The van der Waals surface area contributed by atoms with Gasteiger partial charge in [-0.25, -0.2) is 0 Å². The third-order valence-electron chi connectivity index (χ3n) is 3.68. The highest BCUT2D eigenvalue weighted by Crippen LogP contribution is 2.33. The minimum Gasteiger partial charge on any atom is -0.496 e. The third-order valence-corrected chi connectivity index (χ3v) is 4.30. The van der Waals surface area contributed by atoms with Gasteiger partial charge in [0.2, 0.25) is 0 Å². The van der Waals surface area contributed by atoms with Crippen molar-refractivity contribution in [3.8, 4) is 5.75 Å². The summed E-state index contributed by atoms with van der Waals surface area (Å²) in [5.41, 5.74) is 7.01. The molecule has 4 heteroatoms. The summed E-state index contributed by atoms with van der Waals surface area (Å²) in [5.74, 6) is 1.57. The summed E-state index contributed by atoms with van der Waals surface area (Å²) in [5, 5.41) is 0. The number of hydrogen-bond acceptors (Lipinski definition) is 3. The first-order valence-electron chi connectivity index (χ1n) is 6.50. The van der Waals surface area contributed by atoms with Gasteiger partial charge in [-0.3, -0.25) is 0 Å². The Labute approximate surface area is 117 Å². The van der Waals surface area contributed by atoms with Crippen LogP contribution in [-0.2, 0) is 0 Å². The molecule has 3 nitrogen and oxygen atoms in total. The van der Waals surface area contributed by atoms with Crippen molar-refractivity contribution in [1.29, 1.82) is 0 Å². The highest BCUT2D eigenvalue weighted by Gasteiger charge is 2.20. The van der Waals surface area contributed by atoms with E-state index in [1.54, 1.807) is 7.11 Å². The Morgan fingerprint density at radius 2 is 2.11 bits per heavy atom. The quantitative estimate of drug-likeness (QED) is 0.928. The molecular formula is C14H21BrN2O. The Morgan fingerprint density at radius 3 is 2.67 bits per heavy atom. The van der Waals surface area contributed by atoms with Gasteiger partial charge in [0.05, 0.1) is 11.6 Å². The number of nitrogens with two attached hydrogens (primary N) is 1. The number of nitrogens with zero attached hydrogens (tertiary/aromatic N) is 1. The fourth-order valence-electron chi connectivity index (χ4n) is 2.61. The van der Waals surface area contributed by atoms with Gasteiger partial charge in [0, 0.05) is 13.1 Å². The molecule has 1 heterocycles. The molecule has 1 fully saturated rings. The van der Waals surface area contributed by atoms with Crippen LogP contribution in [0.2, 0.25) is 0 Å². The van der Waals surface area contributed by atoms with E-state index in [2.05, 4.69) is 33.0 Å². The van der Waals surface area contributed by atoms with Gasteiger partial charge >= 0.3 is 0 Å². The van der Waals surface area contributed by atoms with Crippen LogP contribution in [0, 0.1) is 0 Å². The average molecular weight is 313 g/mol. The van der Waals surface area contributed by atoms with Gasteiger partial charge in [0.25, 0.3) is 0 Å². The molecule has 2 rings (SSSR count). The molecule has 0 aliphatic carbocycles. The van der Waals surface area contributed by atoms with E-state index in [0.29, 0.717) is 5.92 Å². The minimum absolute atomic E-state index is 0.668. The van der Waals surface area contributed by atoms with Crippen molar-refractivity contribution in [1.82, 2.24) is 4.90 Å². The van der Waals surface area contributed by atoms with E-state index in [-0.39, 0.29) is 0 Å². The van der Waals surface area contributed by atoms with E-state index < -0.39 is 0 Å². The fraction of sp³-hybridized carbons (Fsp3) is 0.571. The van der Waals surface area contributed by atoms with Crippen LogP contribution < -0.4 is 10.5 Å². The van der Waals surface area contributed by atoms with Gasteiger partial charge in [-0.05, 0) is 65.5 Å². The second-order valence-corrected chi connectivity index (χ2v) is 5.65. The molecule has 1 aliphatic heterocycles. The topological polar surface area (TPSA) is 38.5 Å². The maximum absolute atomic E-state index is 5.60. The number of rotatable bonds is 4. The highest BCUT2D eigenvalue weighted by molar-refractivity contribution is 9.10. The van der Waals surface area contributed by atoms with Crippen molar-refractivity contribution >= 4 is 15.9 Å². The number of likely N-dealkylation sites (tertiary alicyclic amines) is 1. The van der Waals surface area contributed by atoms with Gasteiger partial charge in [-0.2, -0.15) is 0 Å². The summed E-state index contributed by atoms with van der Waals surface area (Å²) in [6.07, 6.45) is 2.44. The van der Waals surface area contributed by atoms with Gasteiger partial charge in [0.1, 0.15) is 5.75 Å². The number of piperidine rings is 1. The van der Waals surface area contributed by atoms with Crippen LogP contribution in [0.4, 0.5) is 0 Å². The van der Waals surface area contributed by atoms with Crippen molar-refractivity contribution in [2.24, 2.45) is 5.73 Å². The Kier molecular flexibility index (Phi) is 5.03. The van der Waals surface area contributed by atoms with Crippen LogP contribution in [-0.4, -0.2) is 38.2 Å². The second-order valence-electron chi connectivity index (χ2n) is 4.80. The zero-order valence-electron chi connectivity index (χ0n) is 10.9. The molecule has 0 aromatic heterocycles. The second kappa shape index (κ2) is 6.55. The molecule has 0 radical (unpaired) electrons. The molecule has 1 aromatic carbocycles. The zero-order valence-corrected chi connectivity index (χ0v) is 12.4. The van der Waals surface area contributed by atoms with Crippen molar-refractivity contribution < 1.29 is 4.74 Å². The molecule has 1 saturated heterocycles. The Morgan fingerprint density at radius 1 is 1.39 bits per heavy atom. The first-order valence-corrected chi connectivity index (χ1v) is 7.29. The molecule has 0 unspecified atom stereocenters. The summed E-state index contributed by atoms with van der Waals surface area (Å²) >= 11 is 3.56. The van der Waals surface area contributed by atoms with Crippen LogP contribution in [0.3, 0.4) is 0 Å². The SMILES string of the molecule is COc1ccc(C2CCN(CCN)CC2)cc1Br. The molecule has 1 aliphatic rings. The number of methoxy groups -OCH3 is 1. The summed E-state index contributed by atoms with van der Waals surface area (Å²) in [6, 6.07) is 6.43. The normalized spacial score (nSPS) is 17.9. The molecule has 18 heavy (non-hydrogen) atoms. The third kappa shape index (κ3) is 3.25. The van der Waals surface area contributed by atoms with Gasteiger partial charge in [-0.15, -0.1) is 0 Å². The molecular weight excluding hydrogens is 292 g/mol. The average Bonchev–Trinajstić information content (AvgIpc) is 2.40. The lowest BCUT2D eigenvalue weighted by Crippen LogP contribution is -2.36. The largest absolute Gasteiger partial charge is 0.496 e. The molecule has 100 valence electrons. The van der Waals surface area contributed by atoms with Crippen molar-refractivity contribution in [2.45, 2.75) is 18.8 Å². The Hall–Kier alpha value is -0.580. The number of hydrogen-bond donors (Lipinski definition) is 1. The van der Waals surface area contributed by atoms with Crippen molar-refractivity contribution in [3.63, 3.8) is 0 Å². The lowest BCUT2D eigenvalue weighted by molar-refractivity contribution is 0.217. The van der Waals surface area contributed by atoms with E-state index in [4.69, 9.17) is 10.5 Å². The van der Waals surface area contributed by atoms with E-state index in [0.717, 1.165) is 36.4 Å². The molecule has 0 atom stereocenters. The lowest BCUT2D eigenvalue weighted by atomic mass is 9.89. The van der Waals surface area contributed by atoms with Crippen molar-refractivity contribution in [2.75, 3.05) is 33.3 Å². The molecule has 0 amide bonds. The standard InChI is InChI=1S/C14H21BrN2O/c1-18-14-3-2-12(10-13(14)15)11-4-7-17(8-5-11)9-6-16/h2-3,10-11H,4-9,16H2,1H3. The first kappa shape index (κ1) is 13.8. The summed E-state index contributed by atoms with van der Waals surface area (Å²) < 4.78 is 6.32. The summed E-state index contributed by atoms with van der Waals surface area (Å²) in [7, 11) is 1.70. The summed E-state index contributed by atoms with van der Waals surface area (Å²) in [4.78, 5) is 2.45. The maximum Gasteiger partial charge on any atom is 0.133 e. The predicted octanol–water partition coefficient (Wildman–Crippen LogP) is 2.60. The number of halogens is 1. The molecule has 2 N–H and O–H groups in total. The fourth-order valence-corrected chi connectivity index (χ4v) is 3.17. The first-order chi connectivity index (χ1) is 8.74. The van der Waals surface area contributed by atoms with Crippen LogP contribution in [0.15, 0.2) is 22.7 Å². The van der Waals surface area contributed by atoms with Gasteiger partial charge < -0.3 is 15.4 Å². The van der Waals surface area contributed by atoms with E-state index in [1.807, 2.05) is 6.07 Å². The highest BCUT2D eigenvalue weighted by atomic mass is 79.9. The Balaban J connectivity index is 1.99. The zero-order chi connectivity index (χ0) is 13.0. The van der Waals surface area contributed by atoms with Crippen LogP contribution >= 0.6 is 15.9 Å². The predicted molar refractivity (Wildman–Crippen MR) is 78.2 cm³/mol. The van der Waals surface area contributed by atoms with Crippen LogP contribution in [0.25, 0.3) is 0 Å². The van der Waals surface area contributed by atoms with E-state index >= 15 is 0 Å². The molecule has 1 aromatic rings. The number of benzene rings is 1. The molecule has 0 bridgehead atoms. The van der Waals surface area contributed by atoms with Gasteiger partial charge in [-0.1, -0.05) is 6.07 Å². The Bertz CT molecular complexity index is 389. The molecule has 0 saturated carbocycles. The smallest absolute Gasteiger partial charge is 0.133 e. The van der Waals surface area contributed by atoms with Crippen LogP contribution in [0.1, 0.15) is 24.3 Å². The molecule has 0 spiro atoms. The minimum atomic E-state index is 0.668. The summed E-state index contributed by atoms with van der Waals surface area (Å²) in [6.45, 7) is 4.11.